The quantitative estimate of drug-likeness (QED) is 0.238. The Morgan fingerprint density at radius 3 is 2.29 bits per heavy atom. The van der Waals surface area contributed by atoms with Crippen molar-refractivity contribution in [3.63, 3.8) is 0 Å². The number of ether oxygens (including phenoxy) is 1. The summed E-state index contributed by atoms with van der Waals surface area (Å²) in [6.07, 6.45) is 0.877. The number of nitrogens with zero attached hydrogens (tertiary/aromatic N) is 4. The number of non-ortho nitro benzene ring substituents is 1. The number of amides is 1. The predicted molar refractivity (Wildman–Crippen MR) is 118 cm³/mol. The second-order valence-electron chi connectivity index (χ2n) is 6.61. The molecule has 3 N–H and O–H groups in total. The SMILES string of the molecule is COC(=O)c1ccccc1Nc1ncnc(NNC(=O)Cc2ccc([N+](=O)[O-])cc2)c1[N+](=O)[O-]. The van der Waals surface area contributed by atoms with Gasteiger partial charge in [0.15, 0.2) is 0 Å². The van der Waals surface area contributed by atoms with Crippen LogP contribution in [0.5, 0.6) is 0 Å². The molecule has 0 atom stereocenters. The largest absolute Gasteiger partial charge is 0.465 e. The van der Waals surface area contributed by atoms with Crippen LogP contribution >= 0.6 is 0 Å². The molecule has 0 radical (unpaired) electrons. The summed E-state index contributed by atoms with van der Waals surface area (Å²) in [5, 5.41) is 25.1. The molecule has 3 aromatic rings. The summed E-state index contributed by atoms with van der Waals surface area (Å²) in [5.41, 5.74) is 4.80. The third kappa shape index (κ3) is 5.56. The smallest absolute Gasteiger partial charge is 0.355 e. The lowest BCUT2D eigenvalue weighted by atomic mass is 10.1. The normalized spacial score (nSPS) is 10.1. The second kappa shape index (κ2) is 10.4. The number of nitrogens with one attached hydrogen (secondary N) is 3. The Balaban J connectivity index is 1.76. The molecule has 3 rings (SSSR count). The summed E-state index contributed by atoms with van der Waals surface area (Å²) < 4.78 is 4.71. The van der Waals surface area contributed by atoms with E-state index in [0.717, 1.165) is 6.33 Å². The summed E-state index contributed by atoms with van der Waals surface area (Å²) in [6.45, 7) is 0. The molecule has 1 aromatic heterocycles. The third-order valence-corrected chi connectivity index (χ3v) is 4.42. The van der Waals surface area contributed by atoms with E-state index in [-0.39, 0.29) is 35.0 Å². The van der Waals surface area contributed by atoms with Crippen LogP contribution in [0.25, 0.3) is 0 Å². The molecular formula is C20H17N7O7. The highest BCUT2D eigenvalue weighted by Gasteiger charge is 2.25. The number of nitro groups is 2. The highest BCUT2D eigenvalue weighted by atomic mass is 16.6. The number of aromatic nitrogens is 2. The average molecular weight is 467 g/mol. The Labute approximate surface area is 191 Å². The monoisotopic (exact) mass is 467 g/mol. The molecule has 0 aliphatic heterocycles. The Hall–Kier alpha value is -5.14. The summed E-state index contributed by atoms with van der Waals surface area (Å²) in [5.74, 6) is -1.78. The summed E-state index contributed by atoms with van der Waals surface area (Å²) >= 11 is 0. The number of carbonyl (C=O) groups excluding carboxylic acids is 2. The Morgan fingerprint density at radius 1 is 0.971 bits per heavy atom. The Morgan fingerprint density at radius 2 is 1.65 bits per heavy atom. The number of hydrogen-bond acceptors (Lipinski definition) is 11. The first-order valence-corrected chi connectivity index (χ1v) is 9.52. The van der Waals surface area contributed by atoms with Crippen molar-refractivity contribution >= 4 is 40.6 Å². The summed E-state index contributed by atoms with van der Waals surface area (Å²) in [7, 11) is 1.20. The molecule has 0 saturated carbocycles. The van der Waals surface area contributed by atoms with Crippen LogP contribution in [-0.4, -0.2) is 38.8 Å². The van der Waals surface area contributed by atoms with Crippen LogP contribution in [0, 0.1) is 20.2 Å². The number of hydrogen-bond donors (Lipinski definition) is 3. The number of anilines is 3. The Kier molecular flexibility index (Phi) is 7.23. The fraction of sp³-hybridized carbons (Fsp3) is 0.100. The van der Waals surface area contributed by atoms with E-state index < -0.39 is 27.4 Å². The predicted octanol–water partition coefficient (Wildman–Crippen LogP) is 2.51. The molecule has 174 valence electrons. The van der Waals surface area contributed by atoms with Crippen LogP contribution in [0.4, 0.5) is 28.7 Å². The van der Waals surface area contributed by atoms with Gasteiger partial charge < -0.3 is 10.1 Å². The van der Waals surface area contributed by atoms with Crippen LogP contribution in [0.3, 0.4) is 0 Å². The fourth-order valence-electron chi connectivity index (χ4n) is 2.84. The maximum absolute atomic E-state index is 12.2. The molecule has 2 aromatic carbocycles. The fourth-order valence-corrected chi connectivity index (χ4v) is 2.84. The van der Waals surface area contributed by atoms with E-state index in [1.54, 1.807) is 12.1 Å². The minimum Gasteiger partial charge on any atom is -0.465 e. The number of carbonyl (C=O) groups is 2. The lowest BCUT2D eigenvalue weighted by Gasteiger charge is -2.12. The van der Waals surface area contributed by atoms with Crippen molar-refractivity contribution in [2.24, 2.45) is 0 Å². The van der Waals surface area contributed by atoms with Gasteiger partial charge in [-0.25, -0.2) is 14.8 Å². The number of hydrazine groups is 1. The van der Waals surface area contributed by atoms with Gasteiger partial charge in [-0.3, -0.25) is 35.9 Å². The first kappa shape index (κ1) is 23.5. The minimum atomic E-state index is -0.756. The molecule has 14 nitrogen and oxygen atoms in total. The van der Waals surface area contributed by atoms with Crippen molar-refractivity contribution in [3.05, 3.63) is 86.2 Å². The van der Waals surface area contributed by atoms with E-state index in [9.17, 15) is 29.8 Å². The van der Waals surface area contributed by atoms with Crippen molar-refractivity contribution in [2.45, 2.75) is 6.42 Å². The molecule has 0 aliphatic rings. The van der Waals surface area contributed by atoms with E-state index >= 15 is 0 Å². The molecule has 0 spiro atoms. The van der Waals surface area contributed by atoms with Crippen molar-refractivity contribution in [1.82, 2.24) is 15.4 Å². The molecule has 1 amide bonds. The van der Waals surface area contributed by atoms with Gasteiger partial charge in [0, 0.05) is 12.1 Å². The molecule has 0 bridgehead atoms. The van der Waals surface area contributed by atoms with Gasteiger partial charge >= 0.3 is 11.7 Å². The van der Waals surface area contributed by atoms with Crippen molar-refractivity contribution in [1.29, 1.82) is 0 Å². The van der Waals surface area contributed by atoms with Gasteiger partial charge in [-0.1, -0.05) is 24.3 Å². The molecule has 1 heterocycles. The van der Waals surface area contributed by atoms with Crippen LogP contribution in [0.2, 0.25) is 0 Å². The van der Waals surface area contributed by atoms with Gasteiger partial charge in [0.2, 0.25) is 17.5 Å². The lowest BCUT2D eigenvalue weighted by Crippen LogP contribution is -2.31. The van der Waals surface area contributed by atoms with Gasteiger partial charge in [0.25, 0.3) is 5.69 Å². The van der Waals surface area contributed by atoms with E-state index in [1.165, 1.54) is 43.5 Å². The number of esters is 1. The number of nitro benzene ring substituents is 1. The van der Waals surface area contributed by atoms with Crippen LogP contribution in [0.15, 0.2) is 54.9 Å². The Bertz CT molecular complexity index is 1250. The van der Waals surface area contributed by atoms with Gasteiger partial charge in [0.05, 0.1) is 34.6 Å². The molecule has 0 aliphatic carbocycles. The molecule has 0 saturated heterocycles. The zero-order chi connectivity index (χ0) is 24.7. The lowest BCUT2D eigenvalue weighted by molar-refractivity contribution is -0.384. The number of benzene rings is 2. The zero-order valence-electron chi connectivity index (χ0n) is 17.5. The first-order valence-electron chi connectivity index (χ1n) is 9.52. The first-order chi connectivity index (χ1) is 16.3. The molecule has 0 fully saturated rings. The number of methoxy groups -OCH3 is 1. The zero-order valence-corrected chi connectivity index (χ0v) is 17.5. The molecule has 34 heavy (non-hydrogen) atoms. The molecular weight excluding hydrogens is 450 g/mol. The summed E-state index contributed by atoms with van der Waals surface area (Å²) in [6, 6.07) is 11.6. The molecule has 0 unspecified atom stereocenters. The van der Waals surface area contributed by atoms with Gasteiger partial charge in [0.1, 0.15) is 6.33 Å². The van der Waals surface area contributed by atoms with E-state index in [4.69, 9.17) is 4.74 Å². The third-order valence-electron chi connectivity index (χ3n) is 4.42. The van der Waals surface area contributed by atoms with Gasteiger partial charge in [-0.2, -0.15) is 0 Å². The number of rotatable bonds is 9. The van der Waals surface area contributed by atoms with Crippen LogP contribution in [0.1, 0.15) is 15.9 Å². The van der Waals surface area contributed by atoms with Gasteiger partial charge in [-0.15, -0.1) is 0 Å². The maximum Gasteiger partial charge on any atom is 0.355 e. The van der Waals surface area contributed by atoms with Gasteiger partial charge in [-0.05, 0) is 17.7 Å². The summed E-state index contributed by atoms with van der Waals surface area (Å²) in [4.78, 5) is 53.0. The van der Waals surface area contributed by atoms with Crippen LogP contribution in [-0.2, 0) is 16.0 Å². The molecule has 14 heteroatoms. The van der Waals surface area contributed by atoms with Crippen molar-refractivity contribution < 1.29 is 24.2 Å². The average Bonchev–Trinajstić information content (AvgIpc) is 2.82. The maximum atomic E-state index is 12.2. The highest BCUT2D eigenvalue weighted by Crippen LogP contribution is 2.31. The van der Waals surface area contributed by atoms with Crippen LogP contribution < -0.4 is 16.2 Å². The van der Waals surface area contributed by atoms with Crippen molar-refractivity contribution in [2.75, 3.05) is 17.9 Å². The van der Waals surface area contributed by atoms with Crippen molar-refractivity contribution in [3.8, 4) is 0 Å². The van der Waals surface area contributed by atoms with E-state index in [0.29, 0.717) is 5.56 Å². The highest BCUT2D eigenvalue weighted by molar-refractivity contribution is 5.96. The number of para-hydroxylation sites is 1. The minimum absolute atomic E-state index is 0.118. The van der Waals surface area contributed by atoms with E-state index in [1.807, 2.05) is 0 Å². The standard InChI is InChI=1S/C20H17N7O7/c1-34-20(29)14-4-2-3-5-15(14)23-18-17(27(32)33)19(22-11-21-18)25-24-16(28)10-12-6-8-13(9-7-12)26(30)31/h2-9,11H,10H2,1H3,(H,24,28)(H2,21,22,23,25). The topological polar surface area (TPSA) is 192 Å². The second-order valence-corrected chi connectivity index (χ2v) is 6.61. The van der Waals surface area contributed by atoms with E-state index in [2.05, 4.69) is 26.1 Å².